The van der Waals surface area contributed by atoms with Crippen molar-refractivity contribution in [1.29, 1.82) is 0 Å². The van der Waals surface area contributed by atoms with Crippen molar-refractivity contribution in [2.45, 2.75) is 19.8 Å². The quantitative estimate of drug-likeness (QED) is 0.769. The van der Waals surface area contributed by atoms with Crippen LogP contribution in [-0.2, 0) is 6.42 Å². The highest BCUT2D eigenvalue weighted by Gasteiger charge is 2.08. The van der Waals surface area contributed by atoms with Crippen LogP contribution in [0, 0.1) is 6.92 Å². The van der Waals surface area contributed by atoms with Crippen LogP contribution in [0.3, 0.4) is 0 Å². The standard InChI is InChI=1S/C11H16O3/c1-8-6-9(4-3-5-12)11(13)10(7-8)14-2/h6-7,12-13H,3-5H2,1-2H3. The maximum atomic E-state index is 9.73. The van der Waals surface area contributed by atoms with Crippen molar-refractivity contribution in [3.8, 4) is 11.5 Å². The molecule has 1 aromatic carbocycles. The molecular formula is C11H16O3. The van der Waals surface area contributed by atoms with Gasteiger partial charge < -0.3 is 14.9 Å². The molecule has 0 atom stereocenters. The third-order valence-electron chi connectivity index (χ3n) is 2.12. The monoisotopic (exact) mass is 196 g/mol. The van der Waals surface area contributed by atoms with Gasteiger partial charge >= 0.3 is 0 Å². The van der Waals surface area contributed by atoms with Gasteiger partial charge in [-0.2, -0.15) is 0 Å². The first-order valence-electron chi connectivity index (χ1n) is 4.66. The average Bonchev–Trinajstić information content (AvgIpc) is 2.18. The van der Waals surface area contributed by atoms with Gasteiger partial charge in [-0.25, -0.2) is 0 Å². The fourth-order valence-electron chi connectivity index (χ4n) is 1.43. The molecule has 0 aliphatic heterocycles. The van der Waals surface area contributed by atoms with E-state index in [-0.39, 0.29) is 12.4 Å². The van der Waals surface area contributed by atoms with E-state index in [1.807, 2.05) is 13.0 Å². The van der Waals surface area contributed by atoms with Gasteiger partial charge in [0.15, 0.2) is 11.5 Å². The number of aliphatic hydroxyl groups is 1. The first-order chi connectivity index (χ1) is 6.69. The first-order valence-corrected chi connectivity index (χ1v) is 4.66. The van der Waals surface area contributed by atoms with Crippen molar-refractivity contribution >= 4 is 0 Å². The third-order valence-corrected chi connectivity index (χ3v) is 2.12. The minimum absolute atomic E-state index is 0.135. The van der Waals surface area contributed by atoms with Crippen LogP contribution in [0.4, 0.5) is 0 Å². The van der Waals surface area contributed by atoms with Crippen LogP contribution < -0.4 is 4.74 Å². The van der Waals surface area contributed by atoms with Gasteiger partial charge in [-0.3, -0.25) is 0 Å². The molecule has 0 amide bonds. The lowest BCUT2D eigenvalue weighted by atomic mass is 10.1. The van der Waals surface area contributed by atoms with Crippen molar-refractivity contribution < 1.29 is 14.9 Å². The van der Waals surface area contributed by atoms with Crippen molar-refractivity contribution in [3.63, 3.8) is 0 Å². The summed E-state index contributed by atoms with van der Waals surface area (Å²) in [5, 5.41) is 18.4. The fourth-order valence-corrected chi connectivity index (χ4v) is 1.43. The lowest BCUT2D eigenvalue weighted by molar-refractivity contribution is 0.287. The van der Waals surface area contributed by atoms with Crippen LogP contribution in [0.2, 0.25) is 0 Å². The summed E-state index contributed by atoms with van der Waals surface area (Å²) >= 11 is 0. The Hall–Kier alpha value is -1.22. The predicted molar refractivity (Wildman–Crippen MR) is 54.8 cm³/mol. The number of hydrogen-bond donors (Lipinski definition) is 2. The highest BCUT2D eigenvalue weighted by molar-refractivity contribution is 5.48. The summed E-state index contributed by atoms with van der Waals surface area (Å²) in [6.45, 7) is 2.08. The molecule has 0 saturated heterocycles. The lowest BCUT2D eigenvalue weighted by Crippen LogP contribution is -1.94. The van der Waals surface area contributed by atoms with Crippen LogP contribution in [0.5, 0.6) is 11.5 Å². The van der Waals surface area contributed by atoms with Gasteiger partial charge in [-0.05, 0) is 37.0 Å². The number of rotatable bonds is 4. The van der Waals surface area contributed by atoms with E-state index in [1.54, 1.807) is 6.07 Å². The van der Waals surface area contributed by atoms with E-state index < -0.39 is 0 Å². The summed E-state index contributed by atoms with van der Waals surface area (Å²) in [6, 6.07) is 3.70. The highest BCUT2D eigenvalue weighted by Crippen LogP contribution is 2.31. The maximum Gasteiger partial charge on any atom is 0.161 e. The summed E-state index contributed by atoms with van der Waals surface area (Å²) in [5.41, 5.74) is 1.88. The molecular weight excluding hydrogens is 180 g/mol. The summed E-state index contributed by atoms with van der Waals surface area (Å²) in [7, 11) is 1.53. The van der Waals surface area contributed by atoms with E-state index >= 15 is 0 Å². The van der Waals surface area contributed by atoms with Gasteiger partial charge in [-0.15, -0.1) is 0 Å². The number of hydrogen-bond acceptors (Lipinski definition) is 3. The Bertz CT molecular complexity index is 308. The summed E-state index contributed by atoms with van der Waals surface area (Å²) in [6.07, 6.45) is 1.32. The number of benzene rings is 1. The Balaban J connectivity index is 2.96. The predicted octanol–water partition coefficient (Wildman–Crippen LogP) is 1.63. The highest BCUT2D eigenvalue weighted by atomic mass is 16.5. The van der Waals surface area contributed by atoms with Crippen LogP contribution in [0.25, 0.3) is 0 Å². The summed E-state index contributed by atoms with van der Waals surface area (Å²) in [4.78, 5) is 0. The molecule has 0 saturated carbocycles. The van der Waals surface area contributed by atoms with E-state index in [0.29, 0.717) is 18.6 Å². The normalized spacial score (nSPS) is 10.2. The lowest BCUT2D eigenvalue weighted by Gasteiger charge is -2.09. The van der Waals surface area contributed by atoms with E-state index in [9.17, 15) is 5.11 Å². The largest absolute Gasteiger partial charge is 0.504 e. The van der Waals surface area contributed by atoms with Gasteiger partial charge in [0.2, 0.25) is 0 Å². The van der Waals surface area contributed by atoms with Gasteiger partial charge in [0.1, 0.15) is 0 Å². The van der Waals surface area contributed by atoms with Crippen molar-refractivity contribution in [2.75, 3.05) is 13.7 Å². The van der Waals surface area contributed by atoms with Crippen molar-refractivity contribution in [1.82, 2.24) is 0 Å². The Morgan fingerprint density at radius 2 is 2.07 bits per heavy atom. The van der Waals surface area contributed by atoms with Crippen LogP contribution in [0.15, 0.2) is 12.1 Å². The van der Waals surface area contributed by atoms with E-state index in [0.717, 1.165) is 11.1 Å². The number of aryl methyl sites for hydroxylation is 2. The van der Waals surface area contributed by atoms with Crippen LogP contribution in [0.1, 0.15) is 17.5 Å². The number of aliphatic hydroxyl groups excluding tert-OH is 1. The van der Waals surface area contributed by atoms with Gasteiger partial charge in [0.25, 0.3) is 0 Å². The number of phenols is 1. The molecule has 0 aromatic heterocycles. The SMILES string of the molecule is COc1cc(C)cc(CCCO)c1O. The molecule has 3 nitrogen and oxygen atoms in total. The summed E-state index contributed by atoms with van der Waals surface area (Å²) < 4.78 is 5.03. The molecule has 0 bridgehead atoms. The molecule has 1 aromatic rings. The second-order valence-electron chi connectivity index (χ2n) is 3.30. The molecule has 3 heteroatoms. The van der Waals surface area contributed by atoms with Crippen LogP contribution >= 0.6 is 0 Å². The molecule has 0 aliphatic carbocycles. The molecule has 0 heterocycles. The Morgan fingerprint density at radius 1 is 1.36 bits per heavy atom. The van der Waals surface area contributed by atoms with Crippen molar-refractivity contribution in [3.05, 3.63) is 23.3 Å². The second-order valence-corrected chi connectivity index (χ2v) is 3.30. The molecule has 0 fully saturated rings. The summed E-state index contributed by atoms with van der Waals surface area (Å²) in [5.74, 6) is 0.685. The van der Waals surface area contributed by atoms with Gasteiger partial charge in [0, 0.05) is 6.61 Å². The number of ether oxygens (including phenoxy) is 1. The zero-order valence-corrected chi connectivity index (χ0v) is 8.58. The van der Waals surface area contributed by atoms with E-state index in [1.165, 1.54) is 7.11 Å². The third kappa shape index (κ3) is 2.39. The van der Waals surface area contributed by atoms with E-state index in [2.05, 4.69) is 0 Å². The van der Waals surface area contributed by atoms with Gasteiger partial charge in [-0.1, -0.05) is 6.07 Å². The molecule has 0 unspecified atom stereocenters. The minimum atomic E-state index is 0.135. The zero-order chi connectivity index (χ0) is 10.6. The fraction of sp³-hybridized carbons (Fsp3) is 0.455. The Labute approximate surface area is 84.0 Å². The first kappa shape index (κ1) is 10.9. The molecule has 0 spiro atoms. The molecule has 0 radical (unpaired) electrons. The molecule has 2 N–H and O–H groups in total. The molecule has 1 rings (SSSR count). The van der Waals surface area contributed by atoms with Crippen molar-refractivity contribution in [2.24, 2.45) is 0 Å². The van der Waals surface area contributed by atoms with E-state index in [4.69, 9.17) is 9.84 Å². The Morgan fingerprint density at radius 3 is 2.64 bits per heavy atom. The Kier molecular flexibility index (Phi) is 3.77. The number of methoxy groups -OCH3 is 1. The molecule has 78 valence electrons. The number of aromatic hydroxyl groups is 1. The average molecular weight is 196 g/mol. The molecule has 14 heavy (non-hydrogen) atoms. The minimum Gasteiger partial charge on any atom is -0.504 e. The van der Waals surface area contributed by atoms with Crippen LogP contribution in [-0.4, -0.2) is 23.9 Å². The smallest absolute Gasteiger partial charge is 0.161 e. The van der Waals surface area contributed by atoms with Gasteiger partial charge in [0.05, 0.1) is 7.11 Å². The zero-order valence-electron chi connectivity index (χ0n) is 8.58. The maximum absolute atomic E-state index is 9.73. The topological polar surface area (TPSA) is 49.7 Å². The number of phenolic OH excluding ortho intramolecular Hbond substituents is 1. The molecule has 0 aliphatic rings. The second kappa shape index (κ2) is 4.86.